The summed E-state index contributed by atoms with van der Waals surface area (Å²) in [6.07, 6.45) is 3.75. The number of pyridine rings is 1. The van der Waals surface area contributed by atoms with Crippen LogP contribution in [0.15, 0.2) is 12.3 Å². The Morgan fingerprint density at radius 2 is 2.06 bits per heavy atom. The third-order valence-corrected chi connectivity index (χ3v) is 5.09. The van der Waals surface area contributed by atoms with Crippen molar-refractivity contribution in [2.24, 2.45) is 11.8 Å². The van der Waals surface area contributed by atoms with Crippen LogP contribution in [0.5, 0.6) is 11.5 Å². The molecule has 1 aliphatic heterocycles. The first-order valence-corrected chi connectivity index (χ1v) is 11.2. The van der Waals surface area contributed by atoms with Gasteiger partial charge in [-0.05, 0) is 25.7 Å². The van der Waals surface area contributed by atoms with E-state index in [0.29, 0.717) is 13.0 Å². The highest BCUT2D eigenvalue weighted by atomic mass is 16.7. The second kappa shape index (κ2) is 13.0. The molecular formula is C23H34N2O8. The third kappa shape index (κ3) is 7.88. The Kier molecular flexibility index (Phi) is 10.4. The second-order valence-electron chi connectivity index (χ2n) is 8.27. The molecule has 2 heterocycles. The van der Waals surface area contributed by atoms with E-state index in [1.807, 2.05) is 6.92 Å². The molecule has 2 rings (SSSR count). The van der Waals surface area contributed by atoms with Crippen molar-refractivity contribution in [1.82, 2.24) is 10.3 Å². The molecule has 1 aromatic rings. The van der Waals surface area contributed by atoms with E-state index in [-0.39, 0.29) is 41.7 Å². The van der Waals surface area contributed by atoms with E-state index >= 15 is 0 Å². The lowest BCUT2D eigenvalue weighted by Gasteiger charge is -2.20. The normalized spacial score (nSPS) is 21.3. The van der Waals surface area contributed by atoms with Crippen molar-refractivity contribution in [2.45, 2.75) is 59.1 Å². The zero-order valence-corrected chi connectivity index (χ0v) is 19.9. The number of carbonyl (C=O) groups excluding carboxylic acids is 3. The van der Waals surface area contributed by atoms with E-state index in [2.05, 4.69) is 17.2 Å². The second-order valence-corrected chi connectivity index (χ2v) is 8.27. The van der Waals surface area contributed by atoms with Crippen LogP contribution in [0.4, 0.5) is 0 Å². The van der Waals surface area contributed by atoms with Gasteiger partial charge in [-0.2, -0.15) is 0 Å². The van der Waals surface area contributed by atoms with Gasteiger partial charge in [-0.3, -0.25) is 9.59 Å². The van der Waals surface area contributed by atoms with Gasteiger partial charge in [0.05, 0.1) is 25.7 Å². The van der Waals surface area contributed by atoms with E-state index in [0.717, 1.165) is 12.8 Å². The maximum absolute atomic E-state index is 13.0. The van der Waals surface area contributed by atoms with Gasteiger partial charge in [-0.25, -0.2) is 9.78 Å². The summed E-state index contributed by atoms with van der Waals surface area (Å²) in [5.74, 6) is -1.56. The fourth-order valence-electron chi connectivity index (χ4n) is 3.43. The van der Waals surface area contributed by atoms with Gasteiger partial charge < -0.3 is 29.0 Å². The van der Waals surface area contributed by atoms with Crippen molar-refractivity contribution < 1.29 is 38.1 Å². The number of carbonyl (C=O) groups is 3. The molecule has 184 valence electrons. The zero-order valence-electron chi connectivity index (χ0n) is 19.9. The van der Waals surface area contributed by atoms with Crippen LogP contribution in [0.3, 0.4) is 0 Å². The summed E-state index contributed by atoms with van der Waals surface area (Å²) in [5.41, 5.74) is -0.125. The summed E-state index contributed by atoms with van der Waals surface area (Å²) in [6, 6.07) is 0.489. The highest BCUT2D eigenvalue weighted by Gasteiger charge is 2.30. The molecule has 10 nitrogen and oxygen atoms in total. The third-order valence-electron chi connectivity index (χ3n) is 5.09. The number of amides is 1. The molecule has 1 aromatic heterocycles. The smallest absolute Gasteiger partial charge is 0.331 e. The van der Waals surface area contributed by atoms with Crippen LogP contribution in [0.2, 0.25) is 0 Å². The van der Waals surface area contributed by atoms with Crippen LogP contribution in [0.25, 0.3) is 0 Å². The van der Waals surface area contributed by atoms with E-state index in [9.17, 15) is 14.4 Å². The van der Waals surface area contributed by atoms with Crippen LogP contribution < -0.4 is 14.8 Å². The molecule has 1 saturated heterocycles. The number of hydrogen-bond donors (Lipinski definition) is 1. The summed E-state index contributed by atoms with van der Waals surface area (Å²) < 4.78 is 27.0. The molecule has 1 aliphatic rings. The molecule has 10 heteroatoms. The summed E-state index contributed by atoms with van der Waals surface area (Å²) in [5, 5.41) is 2.61. The Morgan fingerprint density at radius 3 is 2.73 bits per heavy atom. The van der Waals surface area contributed by atoms with E-state index in [1.54, 1.807) is 13.8 Å². The maximum atomic E-state index is 13.0. The van der Waals surface area contributed by atoms with Crippen LogP contribution in [-0.4, -0.2) is 62.1 Å². The van der Waals surface area contributed by atoms with Gasteiger partial charge in [-0.15, -0.1) is 0 Å². The average molecular weight is 467 g/mol. The monoisotopic (exact) mass is 466 g/mol. The number of hydrogen-bond acceptors (Lipinski definition) is 9. The predicted molar refractivity (Wildman–Crippen MR) is 118 cm³/mol. The van der Waals surface area contributed by atoms with Crippen molar-refractivity contribution in [3.63, 3.8) is 0 Å². The number of methoxy groups -OCH3 is 1. The minimum atomic E-state index is -1.01. The molecule has 0 bridgehead atoms. The highest BCUT2D eigenvalue weighted by molar-refractivity contribution is 5.98. The van der Waals surface area contributed by atoms with Crippen LogP contribution in [-0.2, 0) is 23.8 Å². The first-order chi connectivity index (χ1) is 15.8. The highest BCUT2D eigenvalue weighted by Crippen LogP contribution is 2.29. The number of esters is 2. The maximum Gasteiger partial charge on any atom is 0.331 e. The quantitative estimate of drug-likeness (QED) is 0.432. The molecule has 3 atom stereocenters. The van der Waals surface area contributed by atoms with Gasteiger partial charge >= 0.3 is 11.9 Å². The molecule has 0 saturated carbocycles. The SMILES string of the molecule is CCCC1COC[C@H](NC(=O)c2nccc(OC)c2OCOC(=O)C(C)C)C(=O)OC(C)C1. The van der Waals surface area contributed by atoms with Gasteiger partial charge in [0.25, 0.3) is 5.91 Å². The molecular weight excluding hydrogens is 432 g/mol. The van der Waals surface area contributed by atoms with Crippen molar-refractivity contribution in [1.29, 1.82) is 0 Å². The fraction of sp³-hybridized carbons (Fsp3) is 0.652. The van der Waals surface area contributed by atoms with E-state index in [1.165, 1.54) is 19.4 Å². The fourth-order valence-corrected chi connectivity index (χ4v) is 3.43. The van der Waals surface area contributed by atoms with E-state index < -0.39 is 30.7 Å². The van der Waals surface area contributed by atoms with Gasteiger partial charge in [0.1, 0.15) is 0 Å². The van der Waals surface area contributed by atoms with Gasteiger partial charge in [0.15, 0.2) is 23.2 Å². The standard InChI is InChI=1S/C23H34N2O8/c1-6-7-16-10-15(4)33-23(28)17(12-30-11-16)25-21(26)19-20(18(29-5)8-9-24-19)31-13-32-22(27)14(2)3/h8-9,14-17H,6-7,10-13H2,1-5H3,(H,25,26)/t15?,16?,17-/m0/s1. The zero-order chi connectivity index (χ0) is 24.4. The lowest BCUT2D eigenvalue weighted by atomic mass is 9.98. The van der Waals surface area contributed by atoms with Gasteiger partial charge in [0.2, 0.25) is 6.79 Å². The number of cyclic esters (lactones) is 1. The Labute approximate surface area is 194 Å². The molecule has 1 amide bonds. The molecule has 0 aromatic carbocycles. The number of aromatic nitrogens is 1. The molecule has 33 heavy (non-hydrogen) atoms. The van der Waals surface area contributed by atoms with Crippen LogP contribution >= 0.6 is 0 Å². The summed E-state index contributed by atoms with van der Waals surface area (Å²) in [6.45, 7) is 7.34. The van der Waals surface area contributed by atoms with Crippen molar-refractivity contribution in [3.8, 4) is 11.5 Å². The number of ether oxygens (including phenoxy) is 5. The van der Waals surface area contributed by atoms with Crippen molar-refractivity contribution >= 4 is 17.8 Å². The molecule has 0 aliphatic carbocycles. The first kappa shape index (κ1) is 26.4. The number of rotatable bonds is 9. The molecule has 2 unspecified atom stereocenters. The van der Waals surface area contributed by atoms with Crippen LogP contribution in [0.1, 0.15) is 57.4 Å². The Hall–Kier alpha value is -2.88. The van der Waals surface area contributed by atoms with Gasteiger partial charge in [-0.1, -0.05) is 27.2 Å². The molecule has 1 N–H and O–H groups in total. The lowest BCUT2D eigenvalue weighted by molar-refractivity contribution is -0.154. The predicted octanol–water partition coefficient (Wildman–Crippen LogP) is 2.49. The number of nitrogens with one attached hydrogen (secondary N) is 1. The Morgan fingerprint density at radius 1 is 1.30 bits per heavy atom. The van der Waals surface area contributed by atoms with Crippen LogP contribution in [0, 0.1) is 11.8 Å². The van der Waals surface area contributed by atoms with E-state index in [4.69, 9.17) is 23.7 Å². The lowest BCUT2D eigenvalue weighted by Crippen LogP contribution is -2.45. The molecule has 1 fully saturated rings. The largest absolute Gasteiger partial charge is 0.493 e. The topological polar surface area (TPSA) is 122 Å². The molecule has 0 radical (unpaired) electrons. The minimum Gasteiger partial charge on any atom is -0.493 e. The van der Waals surface area contributed by atoms with Crippen molar-refractivity contribution in [2.75, 3.05) is 27.1 Å². The summed E-state index contributed by atoms with van der Waals surface area (Å²) >= 11 is 0. The first-order valence-electron chi connectivity index (χ1n) is 11.2. The molecule has 0 spiro atoms. The number of nitrogens with zero attached hydrogens (tertiary/aromatic N) is 1. The summed E-state index contributed by atoms with van der Waals surface area (Å²) in [4.78, 5) is 41.4. The Bertz CT molecular complexity index is 814. The van der Waals surface area contributed by atoms with Gasteiger partial charge in [0, 0.05) is 18.9 Å². The average Bonchev–Trinajstić information content (AvgIpc) is 2.83. The Balaban J connectivity index is 2.14. The minimum absolute atomic E-state index is 0.0113. The summed E-state index contributed by atoms with van der Waals surface area (Å²) in [7, 11) is 1.40. The van der Waals surface area contributed by atoms with Crippen molar-refractivity contribution in [3.05, 3.63) is 18.0 Å².